The van der Waals surface area contributed by atoms with E-state index in [0.717, 1.165) is 11.1 Å². The van der Waals surface area contributed by atoms with Crippen LogP contribution in [0.1, 0.15) is 0 Å². The van der Waals surface area contributed by atoms with Crippen molar-refractivity contribution in [3.63, 3.8) is 0 Å². The number of nitrogens with zero attached hydrogens (tertiary/aromatic N) is 2. The number of rotatable bonds is 1. The van der Waals surface area contributed by atoms with Gasteiger partial charge in [0.1, 0.15) is 0 Å². The summed E-state index contributed by atoms with van der Waals surface area (Å²) in [5.41, 5.74) is 4.73. The normalized spacial score (nSPS) is 19.3. The van der Waals surface area contributed by atoms with Crippen LogP contribution in [0.3, 0.4) is 0 Å². The lowest BCUT2D eigenvalue weighted by atomic mass is 10.1. The smallest absolute Gasteiger partial charge is 0.0228 e. The second-order valence-electron chi connectivity index (χ2n) is 3.16. The Bertz CT molecular complexity index is 357. The Balaban J connectivity index is 2.19. The Labute approximate surface area is 88.2 Å². The van der Waals surface area contributed by atoms with Crippen LogP contribution in [0.15, 0.2) is 60.3 Å². The summed E-state index contributed by atoms with van der Waals surface area (Å²) in [7, 11) is 0. The van der Waals surface area contributed by atoms with Gasteiger partial charge in [0.05, 0.1) is 0 Å². The minimum absolute atomic E-state index is 1.11. The Morgan fingerprint density at radius 1 is 0.867 bits per heavy atom. The highest BCUT2D eigenvalue weighted by Gasteiger charge is 2.04. The van der Waals surface area contributed by atoms with Crippen LogP contribution in [0.25, 0.3) is 0 Å². The zero-order chi connectivity index (χ0) is 10.7. The highest BCUT2D eigenvalue weighted by molar-refractivity contribution is 5.48. The summed E-state index contributed by atoms with van der Waals surface area (Å²) in [6.45, 7) is 0. The van der Waals surface area contributed by atoms with Crippen LogP contribution in [0.5, 0.6) is 0 Å². The monoisotopic (exact) mass is 203 g/mol. The van der Waals surface area contributed by atoms with E-state index >= 15 is 0 Å². The van der Waals surface area contributed by atoms with E-state index in [-0.39, 0.29) is 0 Å². The molecule has 5 N–H and O–H groups in total. The summed E-state index contributed by atoms with van der Waals surface area (Å²) in [6, 6.07) is 0. The molecule has 0 amide bonds. The van der Waals surface area contributed by atoms with Gasteiger partial charge in [0.25, 0.3) is 0 Å². The molecule has 5 heteroatoms. The molecule has 0 aromatic carbocycles. The number of nitrogens with two attached hydrogens (primary N) is 2. The minimum atomic E-state index is 1.11. The lowest BCUT2D eigenvalue weighted by Crippen LogP contribution is -2.35. The molecule has 0 aromatic rings. The van der Waals surface area contributed by atoms with Crippen LogP contribution in [-0.4, -0.2) is 10.0 Å². The van der Waals surface area contributed by atoms with Gasteiger partial charge >= 0.3 is 0 Å². The number of hydrazine groups is 3. The number of hydrogen-bond acceptors (Lipinski definition) is 5. The molecule has 2 aliphatic rings. The zero-order valence-electron chi connectivity index (χ0n) is 8.17. The Kier molecular flexibility index (Phi) is 2.68. The Hall–Kier alpha value is -1.82. The first-order valence-electron chi connectivity index (χ1n) is 4.54. The SMILES string of the molecule is NNN1C=CC(=C2C=CN(N)C=C2)C=C1. The summed E-state index contributed by atoms with van der Waals surface area (Å²) >= 11 is 0. The number of nitrogens with one attached hydrogen (secondary N) is 1. The first-order valence-corrected chi connectivity index (χ1v) is 4.54. The Morgan fingerprint density at radius 2 is 1.33 bits per heavy atom. The summed E-state index contributed by atoms with van der Waals surface area (Å²) < 4.78 is 0. The lowest BCUT2D eigenvalue weighted by Gasteiger charge is -2.18. The second-order valence-corrected chi connectivity index (χ2v) is 3.16. The van der Waals surface area contributed by atoms with E-state index in [4.69, 9.17) is 11.7 Å². The van der Waals surface area contributed by atoms with Gasteiger partial charge in [0.15, 0.2) is 0 Å². The van der Waals surface area contributed by atoms with Gasteiger partial charge in [-0.1, -0.05) is 0 Å². The van der Waals surface area contributed by atoms with Crippen molar-refractivity contribution in [1.29, 1.82) is 0 Å². The third-order valence-corrected chi connectivity index (χ3v) is 2.16. The minimum Gasteiger partial charge on any atom is -0.294 e. The van der Waals surface area contributed by atoms with Gasteiger partial charge in [-0.3, -0.25) is 15.9 Å². The zero-order valence-corrected chi connectivity index (χ0v) is 8.17. The lowest BCUT2D eigenvalue weighted by molar-refractivity contribution is 0.373. The summed E-state index contributed by atoms with van der Waals surface area (Å²) in [4.78, 5) is 0. The summed E-state index contributed by atoms with van der Waals surface area (Å²) in [6.07, 6.45) is 15.1. The van der Waals surface area contributed by atoms with Crippen molar-refractivity contribution >= 4 is 0 Å². The van der Waals surface area contributed by atoms with Crippen molar-refractivity contribution < 1.29 is 0 Å². The molecule has 0 unspecified atom stereocenters. The van der Waals surface area contributed by atoms with Crippen molar-refractivity contribution in [1.82, 2.24) is 15.6 Å². The molecule has 2 heterocycles. The van der Waals surface area contributed by atoms with Crippen molar-refractivity contribution in [3.8, 4) is 0 Å². The molecule has 78 valence electrons. The van der Waals surface area contributed by atoms with E-state index in [2.05, 4.69) is 5.53 Å². The molecule has 0 saturated carbocycles. The fraction of sp³-hybridized carbons (Fsp3) is 0. The quantitative estimate of drug-likeness (QED) is 0.420. The van der Waals surface area contributed by atoms with Crippen molar-refractivity contribution in [2.24, 2.45) is 11.7 Å². The molecule has 0 atom stereocenters. The molecule has 0 aliphatic carbocycles. The average molecular weight is 203 g/mol. The van der Waals surface area contributed by atoms with Crippen LogP contribution < -0.4 is 17.2 Å². The van der Waals surface area contributed by atoms with Crippen LogP contribution in [0, 0.1) is 0 Å². The summed E-state index contributed by atoms with van der Waals surface area (Å²) in [5, 5.41) is 3.17. The second kappa shape index (κ2) is 4.14. The molecule has 0 radical (unpaired) electrons. The van der Waals surface area contributed by atoms with Gasteiger partial charge < -0.3 is 0 Å². The first-order chi connectivity index (χ1) is 7.29. The fourth-order valence-electron chi connectivity index (χ4n) is 1.34. The first kappa shape index (κ1) is 9.72. The summed E-state index contributed by atoms with van der Waals surface area (Å²) in [5.74, 6) is 10.8. The predicted molar refractivity (Wildman–Crippen MR) is 58.8 cm³/mol. The fourth-order valence-corrected chi connectivity index (χ4v) is 1.34. The molecule has 0 aromatic heterocycles. The van der Waals surface area contributed by atoms with Gasteiger partial charge in [-0.2, -0.15) is 5.53 Å². The maximum absolute atomic E-state index is 5.54. The highest BCUT2D eigenvalue weighted by atomic mass is 15.6. The van der Waals surface area contributed by atoms with Crippen LogP contribution >= 0.6 is 0 Å². The molecule has 2 rings (SSSR count). The van der Waals surface area contributed by atoms with E-state index < -0.39 is 0 Å². The van der Waals surface area contributed by atoms with Crippen LogP contribution in [-0.2, 0) is 0 Å². The van der Waals surface area contributed by atoms with Gasteiger partial charge in [0, 0.05) is 24.8 Å². The van der Waals surface area contributed by atoms with Gasteiger partial charge in [0.2, 0.25) is 0 Å². The molecule has 2 aliphatic heterocycles. The molecule has 0 spiro atoms. The predicted octanol–water partition coefficient (Wildman–Crippen LogP) is 0.221. The molecule has 0 saturated heterocycles. The Morgan fingerprint density at radius 3 is 1.80 bits per heavy atom. The van der Waals surface area contributed by atoms with E-state index in [1.807, 2.05) is 36.7 Å². The molecule has 15 heavy (non-hydrogen) atoms. The van der Waals surface area contributed by atoms with Crippen molar-refractivity contribution in [2.45, 2.75) is 0 Å². The van der Waals surface area contributed by atoms with Crippen LogP contribution in [0.2, 0.25) is 0 Å². The van der Waals surface area contributed by atoms with E-state index in [0.29, 0.717) is 0 Å². The molecular formula is C10H13N5. The number of allylic oxidation sites excluding steroid dienone is 6. The third-order valence-electron chi connectivity index (χ3n) is 2.16. The maximum atomic E-state index is 5.54. The largest absolute Gasteiger partial charge is 0.294 e. The topological polar surface area (TPSA) is 70.5 Å². The van der Waals surface area contributed by atoms with Gasteiger partial charge in [-0.25, -0.2) is 5.84 Å². The standard InChI is InChI=1S/C10H13N5/c11-13-15-7-3-10(4-8-15)9-1-5-14(12)6-2-9/h1-8,13H,11-12H2. The average Bonchev–Trinajstić information content (AvgIpc) is 2.30. The van der Waals surface area contributed by atoms with E-state index in [1.54, 1.807) is 17.4 Å². The highest BCUT2D eigenvalue weighted by Crippen LogP contribution is 2.17. The van der Waals surface area contributed by atoms with Crippen LogP contribution in [0.4, 0.5) is 0 Å². The van der Waals surface area contributed by atoms with Crippen molar-refractivity contribution in [2.75, 3.05) is 0 Å². The molecule has 5 nitrogen and oxygen atoms in total. The maximum Gasteiger partial charge on any atom is 0.0228 e. The molecule has 0 bridgehead atoms. The molecule has 0 fully saturated rings. The third kappa shape index (κ3) is 2.16. The van der Waals surface area contributed by atoms with E-state index in [9.17, 15) is 0 Å². The molecular weight excluding hydrogens is 190 g/mol. The van der Waals surface area contributed by atoms with Crippen molar-refractivity contribution in [3.05, 3.63) is 60.3 Å². The van der Waals surface area contributed by atoms with E-state index in [1.165, 1.54) is 5.01 Å². The van der Waals surface area contributed by atoms with Gasteiger partial charge in [-0.05, 0) is 35.5 Å². The number of hydrogen-bond donors (Lipinski definition) is 3. The van der Waals surface area contributed by atoms with Gasteiger partial charge in [-0.15, -0.1) is 0 Å².